The molecule has 340 valence electrons. The van der Waals surface area contributed by atoms with Gasteiger partial charge in [-0.25, -0.2) is 0 Å². The number of anilines is 11. The van der Waals surface area contributed by atoms with E-state index in [1.54, 1.807) is 0 Å². The minimum Gasteiger partial charge on any atom is -0.376 e. The second-order valence-electron chi connectivity index (χ2n) is 19.5. The molecule has 13 rings (SSSR count). The van der Waals surface area contributed by atoms with Gasteiger partial charge in [-0.3, -0.25) is 0 Å². The van der Waals surface area contributed by atoms with Crippen LogP contribution in [0, 0.1) is 13.8 Å². The van der Waals surface area contributed by atoms with Crippen LogP contribution in [0.1, 0.15) is 36.1 Å². The van der Waals surface area contributed by atoms with Crippen molar-refractivity contribution in [2.24, 2.45) is 0 Å². The number of para-hydroxylation sites is 6. The molecule has 10 aromatic rings. The summed E-state index contributed by atoms with van der Waals surface area (Å²) in [6.45, 7) is 9.12. The van der Waals surface area contributed by atoms with Gasteiger partial charge in [-0.1, -0.05) is 153 Å². The summed E-state index contributed by atoms with van der Waals surface area (Å²) in [5.41, 5.74) is 22.4. The van der Waals surface area contributed by atoms with Gasteiger partial charge in [0, 0.05) is 83.3 Å². The van der Waals surface area contributed by atoms with Crippen LogP contribution < -0.4 is 30.4 Å². The first-order valence-electron chi connectivity index (χ1n) is 24.6. The maximum atomic E-state index is 2.68. The SMILES string of the molecule is Cc1ccccc1N1B2c3cc(N(c4ccccc4)c4ccccc4)ccc3N(c3ccccc3C)c3cc(N(c4ccccc4)c4ccccc4)cc(c32)-c2cc3c(cc21)Sc1ccccc1C3(C)C. The largest absolute Gasteiger partial charge is 0.376 e. The number of nitrogens with zero attached hydrogens (tertiary/aromatic N) is 4. The number of hydrogen-bond acceptors (Lipinski definition) is 5. The molecule has 6 heteroatoms. The predicted octanol–water partition coefficient (Wildman–Crippen LogP) is 16.7. The second-order valence-corrected chi connectivity index (χ2v) is 20.5. The zero-order valence-electron chi connectivity index (χ0n) is 40.3. The summed E-state index contributed by atoms with van der Waals surface area (Å²) in [6, 6.07) is 87.3. The van der Waals surface area contributed by atoms with Crippen molar-refractivity contribution in [3.05, 3.63) is 259 Å². The molecular weight excluding hydrogens is 880 g/mol. The lowest BCUT2D eigenvalue weighted by Crippen LogP contribution is -2.62. The highest BCUT2D eigenvalue weighted by Gasteiger charge is 2.47. The first kappa shape index (κ1) is 42.9. The van der Waals surface area contributed by atoms with Crippen molar-refractivity contribution in [3.8, 4) is 11.1 Å². The molecule has 0 saturated carbocycles. The molecule has 3 aliphatic heterocycles. The first-order chi connectivity index (χ1) is 34.8. The van der Waals surface area contributed by atoms with Crippen molar-refractivity contribution in [1.29, 1.82) is 0 Å². The van der Waals surface area contributed by atoms with Crippen molar-refractivity contribution in [3.63, 3.8) is 0 Å². The summed E-state index contributed by atoms with van der Waals surface area (Å²) in [6.07, 6.45) is 0. The van der Waals surface area contributed by atoms with Gasteiger partial charge < -0.3 is 19.5 Å². The molecule has 10 aromatic carbocycles. The van der Waals surface area contributed by atoms with Gasteiger partial charge in [-0.05, 0) is 162 Å². The Hall–Kier alpha value is -8.19. The third-order valence-corrected chi connectivity index (χ3v) is 16.0. The monoisotopic (exact) mass is 930 g/mol. The van der Waals surface area contributed by atoms with Crippen LogP contribution in [0.15, 0.2) is 246 Å². The number of benzene rings is 10. The molecule has 0 saturated heterocycles. The number of fused-ring (bicyclic) bond motifs is 6. The first-order valence-corrected chi connectivity index (χ1v) is 25.4. The molecule has 0 aliphatic carbocycles. The third kappa shape index (κ3) is 6.99. The van der Waals surface area contributed by atoms with E-state index < -0.39 is 0 Å². The fourth-order valence-corrected chi connectivity index (χ4v) is 12.9. The van der Waals surface area contributed by atoms with Crippen molar-refractivity contribution < 1.29 is 0 Å². The van der Waals surface area contributed by atoms with Crippen molar-refractivity contribution in [2.45, 2.75) is 42.9 Å². The Bertz CT molecular complexity index is 3580. The van der Waals surface area contributed by atoms with E-state index in [0.29, 0.717) is 0 Å². The fourth-order valence-electron chi connectivity index (χ4n) is 11.5. The van der Waals surface area contributed by atoms with Gasteiger partial charge in [0.2, 0.25) is 0 Å². The Morgan fingerprint density at radius 3 is 1.49 bits per heavy atom. The molecular formula is C65H51BN4S. The normalized spacial score (nSPS) is 13.6. The summed E-state index contributed by atoms with van der Waals surface area (Å²) in [7, 11) is 0. The summed E-state index contributed by atoms with van der Waals surface area (Å²) in [5, 5.41) is 0. The van der Waals surface area contributed by atoms with E-state index >= 15 is 0 Å². The summed E-state index contributed by atoms with van der Waals surface area (Å²) < 4.78 is 0. The van der Waals surface area contributed by atoms with Crippen LogP contribution in [0.5, 0.6) is 0 Å². The molecule has 0 radical (unpaired) electrons. The minimum absolute atomic E-state index is 0.208. The zero-order valence-corrected chi connectivity index (χ0v) is 41.1. The fraction of sp³-hybridized carbons (Fsp3) is 0.0769. The quantitative estimate of drug-likeness (QED) is 0.140. The van der Waals surface area contributed by atoms with Crippen LogP contribution in [0.25, 0.3) is 11.1 Å². The van der Waals surface area contributed by atoms with E-state index in [1.165, 1.54) is 65.5 Å². The van der Waals surface area contributed by atoms with Gasteiger partial charge in [0.15, 0.2) is 0 Å². The lowest BCUT2D eigenvalue weighted by molar-refractivity contribution is 0.607. The van der Waals surface area contributed by atoms with Gasteiger partial charge in [0.05, 0.1) is 0 Å². The molecule has 0 bridgehead atoms. The third-order valence-electron chi connectivity index (χ3n) is 14.9. The smallest absolute Gasteiger partial charge is 0.333 e. The predicted molar refractivity (Wildman–Crippen MR) is 302 cm³/mol. The van der Waals surface area contributed by atoms with E-state index in [4.69, 9.17) is 0 Å². The number of hydrogen-bond donors (Lipinski definition) is 0. The Morgan fingerprint density at radius 1 is 0.380 bits per heavy atom. The maximum Gasteiger partial charge on any atom is 0.333 e. The van der Waals surface area contributed by atoms with E-state index in [2.05, 4.69) is 284 Å². The average molecular weight is 931 g/mol. The highest BCUT2D eigenvalue weighted by atomic mass is 32.2. The molecule has 0 atom stereocenters. The van der Waals surface area contributed by atoms with E-state index in [-0.39, 0.29) is 12.3 Å². The van der Waals surface area contributed by atoms with Gasteiger partial charge in [-0.15, -0.1) is 0 Å². The van der Waals surface area contributed by atoms with Crippen molar-refractivity contribution >= 4 is 92.1 Å². The molecule has 71 heavy (non-hydrogen) atoms. The minimum atomic E-state index is -0.235. The molecule has 0 N–H and O–H groups in total. The molecule has 3 heterocycles. The zero-order chi connectivity index (χ0) is 47.8. The molecule has 0 fully saturated rings. The van der Waals surface area contributed by atoms with Crippen LogP contribution in [-0.2, 0) is 5.41 Å². The van der Waals surface area contributed by atoms with Gasteiger partial charge in [-0.2, -0.15) is 0 Å². The van der Waals surface area contributed by atoms with Crippen LogP contribution in [0.3, 0.4) is 0 Å². The topological polar surface area (TPSA) is 13.0 Å². The average Bonchev–Trinajstić information content (AvgIpc) is 3.40. The highest BCUT2D eigenvalue weighted by Crippen LogP contribution is 2.56. The molecule has 0 amide bonds. The Labute approximate surface area is 422 Å². The van der Waals surface area contributed by atoms with Crippen molar-refractivity contribution in [2.75, 3.05) is 19.5 Å². The van der Waals surface area contributed by atoms with Crippen LogP contribution in [0.4, 0.5) is 62.6 Å². The summed E-state index contributed by atoms with van der Waals surface area (Å²) in [5.74, 6) is 0. The van der Waals surface area contributed by atoms with Crippen LogP contribution in [-0.4, -0.2) is 6.85 Å². The lowest BCUT2D eigenvalue weighted by atomic mass is 9.43. The van der Waals surface area contributed by atoms with E-state index in [1.807, 2.05) is 11.8 Å². The molecule has 4 nitrogen and oxygen atoms in total. The molecule has 3 aliphatic rings. The second kappa shape index (κ2) is 17.0. The van der Waals surface area contributed by atoms with E-state index in [9.17, 15) is 0 Å². The Morgan fingerprint density at radius 2 is 0.901 bits per heavy atom. The van der Waals surface area contributed by atoms with Gasteiger partial charge in [0.1, 0.15) is 0 Å². The molecule has 0 spiro atoms. The molecule has 0 aromatic heterocycles. The summed E-state index contributed by atoms with van der Waals surface area (Å²) in [4.78, 5) is 12.7. The standard InChI is InChI=1S/C65H51BN4S/c1-44-23-17-20-34-57(44)69-59-38-37-50(67(46-25-9-5-10-26-46)47-27-11-6-12-28-47)40-56(59)66-64-53(39-51(41-61(64)69)68(48-29-13-7-14-30-48)49-31-15-8-16-32-49)52-42-55-63(71-62-36-22-19-33-54(62)65(55,3)4)43-60(52)70(66)58-35-21-18-24-45(58)2/h5-43H,1-4H3. The molecule has 0 unspecified atom stereocenters. The number of aryl methyl sites for hydroxylation is 2. The van der Waals surface area contributed by atoms with Gasteiger partial charge >= 0.3 is 6.85 Å². The van der Waals surface area contributed by atoms with E-state index in [0.717, 1.165) is 51.2 Å². The highest BCUT2D eigenvalue weighted by molar-refractivity contribution is 7.99. The van der Waals surface area contributed by atoms with Crippen LogP contribution in [0.2, 0.25) is 0 Å². The Balaban J connectivity index is 1.17. The lowest BCUT2D eigenvalue weighted by Gasteiger charge is -2.48. The Kier molecular flexibility index (Phi) is 10.3. The van der Waals surface area contributed by atoms with Gasteiger partial charge in [0.25, 0.3) is 0 Å². The van der Waals surface area contributed by atoms with Crippen LogP contribution >= 0.6 is 11.8 Å². The van der Waals surface area contributed by atoms with Crippen molar-refractivity contribution in [1.82, 2.24) is 0 Å². The number of rotatable bonds is 8. The summed E-state index contributed by atoms with van der Waals surface area (Å²) >= 11 is 1.91. The maximum absolute atomic E-state index is 2.68.